The van der Waals surface area contributed by atoms with Gasteiger partial charge in [-0.05, 0) is 22.0 Å². The highest BCUT2D eigenvalue weighted by molar-refractivity contribution is 9.10. The SMILES string of the molecule is Nc1cc2c(cc1NS(=O)(=O)c1cncc(Br)c1)OCO2. The normalized spacial score (nSPS) is 13.2. The van der Waals surface area contributed by atoms with E-state index in [0.29, 0.717) is 16.0 Å². The van der Waals surface area contributed by atoms with Gasteiger partial charge in [0.15, 0.2) is 11.5 Å². The van der Waals surface area contributed by atoms with E-state index in [1.165, 1.54) is 30.6 Å². The van der Waals surface area contributed by atoms with Crippen LogP contribution in [0.2, 0.25) is 0 Å². The van der Waals surface area contributed by atoms with Gasteiger partial charge in [-0.1, -0.05) is 0 Å². The number of nitrogens with zero attached hydrogens (tertiary/aromatic N) is 1. The molecule has 0 spiro atoms. The van der Waals surface area contributed by atoms with Gasteiger partial charge in [0.2, 0.25) is 6.79 Å². The second kappa shape index (κ2) is 5.08. The smallest absolute Gasteiger partial charge is 0.263 e. The van der Waals surface area contributed by atoms with Gasteiger partial charge >= 0.3 is 0 Å². The molecule has 7 nitrogen and oxygen atoms in total. The first kappa shape index (κ1) is 14.0. The summed E-state index contributed by atoms with van der Waals surface area (Å²) in [6, 6.07) is 4.44. The van der Waals surface area contributed by atoms with Crippen molar-refractivity contribution in [3.05, 3.63) is 35.1 Å². The van der Waals surface area contributed by atoms with E-state index >= 15 is 0 Å². The molecule has 3 rings (SSSR count). The highest BCUT2D eigenvalue weighted by Crippen LogP contribution is 2.38. The second-order valence-corrected chi connectivity index (χ2v) is 6.84. The number of aromatic nitrogens is 1. The van der Waals surface area contributed by atoms with E-state index in [0.717, 1.165) is 0 Å². The highest BCUT2D eigenvalue weighted by Gasteiger charge is 2.20. The number of fused-ring (bicyclic) bond motifs is 1. The maximum Gasteiger partial charge on any atom is 0.263 e. The van der Waals surface area contributed by atoms with Crippen LogP contribution in [0.3, 0.4) is 0 Å². The van der Waals surface area contributed by atoms with Crippen LogP contribution in [0.25, 0.3) is 0 Å². The van der Waals surface area contributed by atoms with E-state index in [4.69, 9.17) is 15.2 Å². The van der Waals surface area contributed by atoms with Crippen molar-refractivity contribution in [1.29, 1.82) is 0 Å². The monoisotopic (exact) mass is 371 g/mol. The molecular formula is C12H10BrN3O4S. The van der Waals surface area contributed by atoms with Crippen molar-refractivity contribution < 1.29 is 17.9 Å². The number of pyridine rings is 1. The lowest BCUT2D eigenvalue weighted by Gasteiger charge is -2.11. The van der Waals surface area contributed by atoms with Gasteiger partial charge in [-0.3, -0.25) is 9.71 Å². The standard InChI is InChI=1S/C12H10BrN3O4S/c13-7-1-8(5-15-4-7)21(17,18)16-10-3-12-11(2-9(10)14)19-6-20-12/h1-5,16H,6,14H2. The van der Waals surface area contributed by atoms with Crippen LogP contribution < -0.4 is 19.9 Å². The molecule has 21 heavy (non-hydrogen) atoms. The number of benzene rings is 1. The van der Waals surface area contributed by atoms with E-state index in [-0.39, 0.29) is 23.1 Å². The number of halogens is 1. The van der Waals surface area contributed by atoms with Gasteiger partial charge in [-0.2, -0.15) is 0 Å². The number of rotatable bonds is 3. The Kier molecular flexibility index (Phi) is 3.38. The maximum absolute atomic E-state index is 12.3. The molecule has 3 N–H and O–H groups in total. The summed E-state index contributed by atoms with van der Waals surface area (Å²) in [6.07, 6.45) is 2.74. The van der Waals surface area contributed by atoms with E-state index in [9.17, 15) is 8.42 Å². The van der Waals surface area contributed by atoms with E-state index in [1.807, 2.05) is 0 Å². The fourth-order valence-corrected chi connectivity index (χ4v) is 3.37. The Balaban J connectivity index is 1.96. The zero-order valence-corrected chi connectivity index (χ0v) is 12.9. The number of nitrogens with two attached hydrogens (primary N) is 1. The molecule has 0 radical (unpaired) electrons. The number of anilines is 2. The Morgan fingerprint density at radius 2 is 1.90 bits per heavy atom. The average molecular weight is 372 g/mol. The molecule has 1 aliphatic rings. The predicted molar refractivity (Wildman–Crippen MR) is 79.7 cm³/mol. The maximum atomic E-state index is 12.3. The van der Waals surface area contributed by atoms with Gasteiger partial charge in [0.1, 0.15) is 4.90 Å². The van der Waals surface area contributed by atoms with Crippen LogP contribution in [0.1, 0.15) is 0 Å². The van der Waals surface area contributed by atoms with Gasteiger partial charge in [0, 0.05) is 29.0 Å². The third-order valence-corrected chi connectivity index (χ3v) is 4.55. The summed E-state index contributed by atoms with van der Waals surface area (Å²) in [4.78, 5) is 3.85. The number of hydrogen-bond donors (Lipinski definition) is 2. The summed E-state index contributed by atoms with van der Waals surface area (Å²) in [5.41, 5.74) is 6.28. The van der Waals surface area contributed by atoms with Crippen molar-refractivity contribution in [1.82, 2.24) is 4.98 Å². The first-order chi connectivity index (χ1) is 9.95. The van der Waals surface area contributed by atoms with Gasteiger partial charge < -0.3 is 15.2 Å². The molecule has 0 fully saturated rings. The topological polar surface area (TPSA) is 104 Å². The Labute approximate surface area is 129 Å². The predicted octanol–water partition coefficient (Wildman–Crippen LogP) is 1.96. The average Bonchev–Trinajstić information content (AvgIpc) is 2.86. The third kappa shape index (κ3) is 2.74. The fraction of sp³-hybridized carbons (Fsp3) is 0.0833. The molecule has 1 aromatic carbocycles. The molecule has 0 amide bonds. The zero-order valence-electron chi connectivity index (χ0n) is 10.5. The quantitative estimate of drug-likeness (QED) is 0.799. The van der Waals surface area contributed by atoms with Crippen LogP contribution in [0.5, 0.6) is 11.5 Å². The van der Waals surface area contributed by atoms with Crippen LogP contribution in [-0.2, 0) is 10.0 Å². The van der Waals surface area contributed by atoms with Gasteiger partial charge in [0.25, 0.3) is 10.0 Å². The molecule has 0 saturated carbocycles. The van der Waals surface area contributed by atoms with Crippen molar-refractivity contribution in [3.63, 3.8) is 0 Å². The Morgan fingerprint density at radius 1 is 1.19 bits per heavy atom. The number of nitrogen functional groups attached to an aromatic ring is 1. The molecule has 0 unspecified atom stereocenters. The van der Waals surface area contributed by atoms with E-state index in [2.05, 4.69) is 25.6 Å². The molecule has 0 atom stereocenters. The molecule has 0 bridgehead atoms. The van der Waals surface area contributed by atoms with Crippen molar-refractivity contribution >= 4 is 37.3 Å². The Hall–Kier alpha value is -2.00. The summed E-state index contributed by atoms with van der Waals surface area (Å²) in [5.74, 6) is 0.925. The summed E-state index contributed by atoms with van der Waals surface area (Å²) < 4.78 is 38.0. The highest BCUT2D eigenvalue weighted by atomic mass is 79.9. The van der Waals surface area contributed by atoms with Crippen molar-refractivity contribution in [3.8, 4) is 11.5 Å². The summed E-state index contributed by atoms with van der Waals surface area (Å²) in [7, 11) is -3.79. The number of ether oxygens (including phenoxy) is 2. The minimum absolute atomic E-state index is 0.0222. The zero-order chi connectivity index (χ0) is 15.0. The third-order valence-electron chi connectivity index (χ3n) is 2.78. The van der Waals surface area contributed by atoms with Crippen LogP contribution in [0.15, 0.2) is 40.0 Å². The minimum atomic E-state index is -3.79. The molecular weight excluding hydrogens is 362 g/mol. The number of hydrogen-bond acceptors (Lipinski definition) is 6. The lowest BCUT2D eigenvalue weighted by atomic mass is 10.2. The van der Waals surface area contributed by atoms with Crippen molar-refractivity contribution in [2.75, 3.05) is 17.2 Å². The largest absolute Gasteiger partial charge is 0.454 e. The molecule has 1 aliphatic heterocycles. The second-order valence-electron chi connectivity index (χ2n) is 4.24. The van der Waals surface area contributed by atoms with Crippen molar-refractivity contribution in [2.45, 2.75) is 4.90 Å². The summed E-state index contributed by atoms with van der Waals surface area (Å²) >= 11 is 3.18. The lowest BCUT2D eigenvalue weighted by Crippen LogP contribution is -2.14. The van der Waals surface area contributed by atoms with Crippen molar-refractivity contribution in [2.24, 2.45) is 0 Å². The minimum Gasteiger partial charge on any atom is -0.454 e. The van der Waals surface area contributed by atoms with Gasteiger partial charge in [0.05, 0.1) is 11.4 Å². The van der Waals surface area contributed by atoms with Gasteiger partial charge in [-0.25, -0.2) is 8.42 Å². The number of sulfonamides is 1. The molecule has 9 heteroatoms. The fourth-order valence-electron chi connectivity index (χ4n) is 1.79. The molecule has 0 aliphatic carbocycles. The van der Waals surface area contributed by atoms with Crippen LogP contribution in [0.4, 0.5) is 11.4 Å². The van der Waals surface area contributed by atoms with Crippen LogP contribution in [-0.4, -0.2) is 20.2 Å². The summed E-state index contributed by atoms with van der Waals surface area (Å²) in [6.45, 7) is 0.0839. The molecule has 2 aromatic rings. The van der Waals surface area contributed by atoms with E-state index in [1.54, 1.807) is 0 Å². The molecule has 110 valence electrons. The Bertz CT molecular complexity index is 810. The molecule has 2 heterocycles. The van der Waals surface area contributed by atoms with Crippen LogP contribution >= 0.6 is 15.9 Å². The summed E-state index contributed by atoms with van der Waals surface area (Å²) in [5, 5.41) is 0. The molecule has 1 aromatic heterocycles. The molecule has 0 saturated heterocycles. The van der Waals surface area contributed by atoms with E-state index < -0.39 is 10.0 Å². The Morgan fingerprint density at radius 3 is 2.62 bits per heavy atom. The lowest BCUT2D eigenvalue weighted by molar-refractivity contribution is 0.174. The van der Waals surface area contributed by atoms with Crippen LogP contribution in [0, 0.1) is 0 Å². The van der Waals surface area contributed by atoms with Gasteiger partial charge in [-0.15, -0.1) is 0 Å². The first-order valence-corrected chi connectivity index (χ1v) is 8.06. The number of nitrogens with one attached hydrogen (secondary N) is 1. The first-order valence-electron chi connectivity index (χ1n) is 5.78.